The average molecular weight is 548 g/mol. The molecule has 1 saturated heterocycles. The van der Waals surface area contributed by atoms with Gasteiger partial charge in [-0.15, -0.1) is 11.8 Å². The highest BCUT2D eigenvalue weighted by Crippen LogP contribution is 2.44. The van der Waals surface area contributed by atoms with Crippen LogP contribution in [0.4, 0.5) is 0 Å². The number of aliphatic carboxylic acids is 1. The molecular formula is C28H22ClN3O5S. The molecule has 0 bridgehead atoms. The van der Waals surface area contributed by atoms with Crippen LogP contribution in [0.2, 0.25) is 0 Å². The highest BCUT2D eigenvalue weighted by molar-refractivity contribution is 8.00. The van der Waals surface area contributed by atoms with E-state index in [9.17, 15) is 19.5 Å². The first-order valence-electron chi connectivity index (χ1n) is 11.7. The normalized spacial score (nSPS) is 19.1. The molecule has 38 heavy (non-hydrogen) atoms. The Morgan fingerprint density at radius 3 is 1.92 bits per heavy atom. The van der Waals surface area contributed by atoms with Gasteiger partial charge in [-0.25, -0.2) is 4.79 Å². The molecule has 1 fully saturated rings. The smallest absolute Gasteiger partial charge is 0.353 e. The van der Waals surface area contributed by atoms with Gasteiger partial charge in [0.1, 0.15) is 17.3 Å². The minimum atomic E-state index is -1.33. The lowest BCUT2D eigenvalue weighted by molar-refractivity contribution is -0.146. The molecule has 2 aliphatic heterocycles. The third-order valence-electron chi connectivity index (χ3n) is 6.27. The number of nitrogens with one attached hydrogen (secondary N) is 1. The lowest BCUT2D eigenvalue weighted by Crippen LogP contribution is -2.56. The van der Waals surface area contributed by atoms with E-state index >= 15 is 0 Å². The van der Waals surface area contributed by atoms with Crippen LogP contribution in [0.15, 0.2) is 107 Å². The molecule has 192 valence electrons. The van der Waals surface area contributed by atoms with Gasteiger partial charge in [-0.05, 0) is 0 Å². The fourth-order valence-corrected chi connectivity index (χ4v) is 6.21. The summed E-state index contributed by atoms with van der Waals surface area (Å²) in [7, 11) is 0. The van der Waals surface area contributed by atoms with Crippen LogP contribution in [-0.2, 0) is 24.8 Å². The van der Waals surface area contributed by atoms with Crippen LogP contribution in [0.3, 0.4) is 0 Å². The van der Waals surface area contributed by atoms with Crippen LogP contribution >= 0.6 is 23.4 Å². The Hall–Kier alpha value is -4.08. The monoisotopic (exact) mass is 547 g/mol. The summed E-state index contributed by atoms with van der Waals surface area (Å²) >= 11 is 7.48. The molecule has 0 radical (unpaired) electrons. The number of thioether (sulfide) groups is 1. The number of carboxylic acids is 1. The van der Waals surface area contributed by atoms with Crippen LogP contribution in [0.1, 0.15) is 23.1 Å². The standard InChI is InChI=1S/C28H22ClN3O5S/c29-24-25(27(35)36)32-22(34)16-23(32)38-26(24)31-21(33)17-30-37-28(18-10-4-1-5-11-18,19-12-6-2-7-13-19)20-14-8-3-9-15-20/h1-15,17,23,26H,16H2,(H,31,33)(H,35,36)/b30-17+/t23-,26?/m1/s1. The van der Waals surface area contributed by atoms with Gasteiger partial charge in [-0.1, -0.05) is 108 Å². The van der Waals surface area contributed by atoms with E-state index in [-0.39, 0.29) is 23.1 Å². The number of rotatable bonds is 8. The van der Waals surface area contributed by atoms with Crippen LogP contribution in [-0.4, -0.2) is 44.8 Å². The molecule has 0 aromatic heterocycles. The van der Waals surface area contributed by atoms with E-state index < -0.39 is 28.2 Å². The molecule has 2 N–H and O–H groups in total. The van der Waals surface area contributed by atoms with Gasteiger partial charge in [0.25, 0.3) is 5.91 Å². The summed E-state index contributed by atoms with van der Waals surface area (Å²) in [5.74, 6) is -2.28. The van der Waals surface area contributed by atoms with E-state index in [1.807, 2.05) is 91.0 Å². The first-order chi connectivity index (χ1) is 18.4. The van der Waals surface area contributed by atoms with Crippen molar-refractivity contribution in [1.82, 2.24) is 10.2 Å². The Bertz CT molecular complexity index is 1320. The third kappa shape index (κ3) is 4.66. The predicted octanol–water partition coefficient (Wildman–Crippen LogP) is 4.26. The second-order valence-electron chi connectivity index (χ2n) is 8.55. The summed E-state index contributed by atoms with van der Waals surface area (Å²) in [6.07, 6.45) is 1.16. The minimum absolute atomic E-state index is 0.137. The summed E-state index contributed by atoms with van der Waals surface area (Å²) in [6, 6.07) is 28.7. The lowest BCUT2D eigenvalue weighted by atomic mass is 9.80. The molecule has 2 atom stereocenters. The Labute approximate surface area is 227 Å². The number of oxime groups is 1. The molecule has 10 heteroatoms. The molecule has 3 aromatic rings. The lowest BCUT2D eigenvalue weighted by Gasteiger charge is -2.45. The maximum atomic E-state index is 12.8. The third-order valence-corrected chi connectivity index (χ3v) is 8.12. The molecule has 0 aliphatic carbocycles. The molecule has 3 aromatic carbocycles. The molecular weight excluding hydrogens is 526 g/mol. The summed E-state index contributed by atoms with van der Waals surface area (Å²) < 4.78 is 0. The van der Waals surface area contributed by atoms with E-state index in [2.05, 4.69) is 10.5 Å². The molecule has 2 heterocycles. The minimum Gasteiger partial charge on any atom is -0.477 e. The number of nitrogens with zero attached hydrogens (tertiary/aromatic N) is 2. The van der Waals surface area contributed by atoms with Gasteiger partial charge >= 0.3 is 5.97 Å². The van der Waals surface area contributed by atoms with Crippen LogP contribution < -0.4 is 5.32 Å². The van der Waals surface area contributed by atoms with Crippen molar-refractivity contribution in [2.45, 2.75) is 22.8 Å². The fraction of sp³-hybridized carbons (Fsp3) is 0.143. The first-order valence-corrected chi connectivity index (χ1v) is 13.0. The molecule has 8 nitrogen and oxygen atoms in total. The van der Waals surface area contributed by atoms with Gasteiger partial charge in [0.05, 0.1) is 16.8 Å². The number of amides is 2. The topological polar surface area (TPSA) is 108 Å². The Kier molecular flexibility index (Phi) is 7.22. The van der Waals surface area contributed by atoms with Crippen molar-refractivity contribution in [2.75, 3.05) is 0 Å². The van der Waals surface area contributed by atoms with Crippen molar-refractivity contribution in [3.05, 3.63) is 118 Å². The number of carbonyl (C=O) groups excluding carboxylic acids is 2. The number of fused-ring (bicyclic) bond motifs is 1. The van der Waals surface area contributed by atoms with Crippen LogP contribution in [0.5, 0.6) is 0 Å². The summed E-state index contributed by atoms with van der Waals surface area (Å²) in [5, 5.41) is 14.9. The van der Waals surface area contributed by atoms with Crippen molar-refractivity contribution in [1.29, 1.82) is 0 Å². The zero-order valence-electron chi connectivity index (χ0n) is 19.9. The van der Waals surface area contributed by atoms with E-state index in [1.165, 1.54) is 11.8 Å². The second-order valence-corrected chi connectivity index (χ2v) is 10.2. The van der Waals surface area contributed by atoms with E-state index in [0.717, 1.165) is 27.8 Å². The summed E-state index contributed by atoms with van der Waals surface area (Å²) in [6.45, 7) is 0. The highest BCUT2D eigenvalue weighted by Gasteiger charge is 2.48. The largest absolute Gasteiger partial charge is 0.477 e. The second kappa shape index (κ2) is 10.7. The molecule has 5 rings (SSSR count). The Balaban J connectivity index is 1.44. The predicted molar refractivity (Wildman–Crippen MR) is 144 cm³/mol. The van der Waals surface area contributed by atoms with Crippen molar-refractivity contribution >= 4 is 47.4 Å². The van der Waals surface area contributed by atoms with Gasteiger partial charge < -0.3 is 15.3 Å². The Morgan fingerprint density at radius 2 is 1.47 bits per heavy atom. The average Bonchev–Trinajstić information content (AvgIpc) is 2.94. The number of β-lactam (4-membered cyclic amide) rings is 1. The number of benzene rings is 3. The van der Waals surface area contributed by atoms with Gasteiger partial charge in [-0.2, -0.15) is 0 Å². The first kappa shape index (κ1) is 25.6. The van der Waals surface area contributed by atoms with Crippen LogP contribution in [0, 0.1) is 0 Å². The van der Waals surface area contributed by atoms with E-state index in [0.29, 0.717) is 0 Å². The summed E-state index contributed by atoms with van der Waals surface area (Å²) in [5.41, 5.74) is 0.960. The zero-order chi connectivity index (χ0) is 26.7. The number of halogens is 1. The number of carboxylic acid groups (broad SMARTS) is 1. The maximum Gasteiger partial charge on any atom is 0.353 e. The SMILES string of the molecule is O=C(/C=N/OC(c1ccccc1)(c1ccccc1)c1ccccc1)NC1S[C@@H]2CC(=O)N2C(C(=O)O)=C1Cl. The van der Waals surface area contributed by atoms with Crippen molar-refractivity contribution < 1.29 is 24.3 Å². The molecule has 0 spiro atoms. The molecule has 0 saturated carbocycles. The highest BCUT2D eigenvalue weighted by atomic mass is 35.5. The van der Waals surface area contributed by atoms with Gasteiger partial charge in [-0.3, -0.25) is 14.5 Å². The number of hydrogen-bond donors (Lipinski definition) is 2. The van der Waals surface area contributed by atoms with E-state index in [4.69, 9.17) is 16.4 Å². The van der Waals surface area contributed by atoms with Crippen molar-refractivity contribution in [3.8, 4) is 0 Å². The summed E-state index contributed by atoms with van der Waals surface area (Å²) in [4.78, 5) is 43.8. The van der Waals surface area contributed by atoms with Crippen molar-refractivity contribution in [3.63, 3.8) is 0 Å². The van der Waals surface area contributed by atoms with Crippen molar-refractivity contribution in [2.24, 2.45) is 5.16 Å². The van der Waals surface area contributed by atoms with Crippen LogP contribution in [0.25, 0.3) is 0 Å². The molecule has 2 aliphatic rings. The maximum absolute atomic E-state index is 12.8. The van der Waals surface area contributed by atoms with Gasteiger partial charge in [0, 0.05) is 16.7 Å². The number of carbonyl (C=O) groups is 3. The van der Waals surface area contributed by atoms with Gasteiger partial charge in [0.2, 0.25) is 11.5 Å². The molecule has 1 unspecified atom stereocenters. The van der Waals surface area contributed by atoms with Gasteiger partial charge in [0.15, 0.2) is 0 Å². The van der Waals surface area contributed by atoms with E-state index in [1.54, 1.807) is 0 Å². The zero-order valence-corrected chi connectivity index (χ0v) is 21.4. The Morgan fingerprint density at radius 1 is 0.974 bits per heavy atom. The fourth-order valence-electron chi connectivity index (χ4n) is 4.52. The molecule has 2 amide bonds. The quantitative estimate of drug-likeness (QED) is 0.189. The number of hydrogen-bond acceptors (Lipinski definition) is 6.